The number of amides is 3. The van der Waals surface area contributed by atoms with Crippen molar-refractivity contribution in [1.29, 1.82) is 0 Å². The minimum atomic E-state index is -0.261. The number of methoxy groups -OCH3 is 1. The number of hydrogen-bond donors (Lipinski definition) is 0. The molecule has 1 aliphatic carbocycles. The van der Waals surface area contributed by atoms with E-state index in [1.165, 1.54) is 28.2 Å². The molecule has 0 spiro atoms. The molecule has 0 N–H and O–H groups in total. The Hall–Kier alpha value is -3.06. The van der Waals surface area contributed by atoms with Crippen molar-refractivity contribution in [1.82, 2.24) is 9.80 Å². The predicted octanol–water partition coefficient (Wildman–Crippen LogP) is 3.49. The third kappa shape index (κ3) is 4.05. The maximum absolute atomic E-state index is 13.1. The molecule has 3 aliphatic rings. The van der Waals surface area contributed by atoms with Gasteiger partial charge in [0.15, 0.2) is 11.5 Å². The Morgan fingerprint density at radius 3 is 2.53 bits per heavy atom. The monoisotopic (exact) mass is 435 g/mol. The van der Waals surface area contributed by atoms with Crippen LogP contribution in [0, 0.1) is 0 Å². The van der Waals surface area contributed by atoms with Gasteiger partial charge in [-0.25, -0.2) is 4.79 Å². The lowest BCUT2D eigenvalue weighted by molar-refractivity contribution is -0.125. The number of likely N-dealkylation sites (tertiary alicyclic amines) is 1. The molecule has 0 radical (unpaired) electrons. The Morgan fingerprint density at radius 1 is 1.00 bits per heavy atom. The molecule has 7 nitrogen and oxygen atoms in total. The maximum atomic E-state index is 13.1. The second-order valence-electron chi connectivity index (χ2n) is 8.69. The molecule has 2 heterocycles. The highest BCUT2D eigenvalue weighted by Gasteiger charge is 2.52. The quantitative estimate of drug-likeness (QED) is 0.594. The number of rotatable bonds is 8. The number of hydrogen-bond acceptors (Lipinski definition) is 5. The molecule has 2 saturated heterocycles. The van der Waals surface area contributed by atoms with Crippen molar-refractivity contribution in [2.75, 3.05) is 44.8 Å². The van der Waals surface area contributed by atoms with Gasteiger partial charge in [-0.1, -0.05) is 30.3 Å². The van der Waals surface area contributed by atoms with E-state index in [0.29, 0.717) is 23.8 Å². The molecule has 32 heavy (non-hydrogen) atoms. The SMILES string of the molecule is COc1cc(N2CC(=O)N(C3C[C@H]3c3ccccc3)C2=O)ccc1OCCN1CCCC1. The van der Waals surface area contributed by atoms with Gasteiger partial charge in [0.25, 0.3) is 5.91 Å². The van der Waals surface area contributed by atoms with Crippen LogP contribution < -0.4 is 14.4 Å². The fraction of sp³-hybridized carbons (Fsp3) is 0.440. The molecule has 2 aromatic carbocycles. The zero-order valence-corrected chi connectivity index (χ0v) is 18.4. The van der Waals surface area contributed by atoms with Crippen LogP contribution in [0.1, 0.15) is 30.7 Å². The van der Waals surface area contributed by atoms with Gasteiger partial charge in [0.05, 0.1) is 7.11 Å². The Balaban J connectivity index is 1.25. The molecule has 3 amide bonds. The van der Waals surface area contributed by atoms with Crippen LogP contribution in [-0.4, -0.2) is 67.7 Å². The summed E-state index contributed by atoms with van der Waals surface area (Å²) >= 11 is 0. The van der Waals surface area contributed by atoms with Gasteiger partial charge in [-0.2, -0.15) is 0 Å². The van der Waals surface area contributed by atoms with Gasteiger partial charge >= 0.3 is 6.03 Å². The van der Waals surface area contributed by atoms with Crippen molar-refractivity contribution >= 4 is 17.6 Å². The number of carbonyl (C=O) groups is 2. The van der Waals surface area contributed by atoms with Gasteiger partial charge in [0.1, 0.15) is 13.2 Å². The second kappa shape index (κ2) is 8.82. The van der Waals surface area contributed by atoms with E-state index in [1.54, 1.807) is 13.2 Å². The lowest BCUT2D eigenvalue weighted by atomic mass is 10.1. The molecule has 2 aliphatic heterocycles. The summed E-state index contributed by atoms with van der Waals surface area (Å²) in [6, 6.07) is 15.2. The van der Waals surface area contributed by atoms with Gasteiger partial charge in [-0.05, 0) is 50.0 Å². The first-order chi connectivity index (χ1) is 15.7. The number of ether oxygens (including phenoxy) is 2. The van der Waals surface area contributed by atoms with Crippen molar-refractivity contribution < 1.29 is 19.1 Å². The fourth-order valence-corrected chi connectivity index (χ4v) is 4.80. The smallest absolute Gasteiger partial charge is 0.331 e. The van der Waals surface area contributed by atoms with E-state index in [4.69, 9.17) is 9.47 Å². The highest BCUT2D eigenvalue weighted by molar-refractivity contribution is 6.12. The first kappa shape index (κ1) is 20.8. The van der Waals surface area contributed by atoms with E-state index in [9.17, 15) is 9.59 Å². The van der Waals surface area contributed by atoms with Crippen molar-refractivity contribution in [2.24, 2.45) is 0 Å². The van der Waals surface area contributed by atoms with Gasteiger partial charge in [-0.15, -0.1) is 0 Å². The highest BCUT2D eigenvalue weighted by Crippen LogP contribution is 2.46. The van der Waals surface area contributed by atoms with Gasteiger partial charge in [0.2, 0.25) is 0 Å². The van der Waals surface area contributed by atoms with Crippen LogP contribution in [0.15, 0.2) is 48.5 Å². The molecule has 2 atom stereocenters. The van der Waals surface area contributed by atoms with Crippen molar-refractivity contribution in [3.63, 3.8) is 0 Å². The summed E-state index contributed by atoms with van der Waals surface area (Å²) in [6.45, 7) is 3.80. The van der Waals surface area contributed by atoms with E-state index in [-0.39, 0.29) is 30.4 Å². The van der Waals surface area contributed by atoms with Crippen LogP contribution in [0.2, 0.25) is 0 Å². The average Bonchev–Trinajstić information content (AvgIpc) is 3.29. The maximum Gasteiger partial charge on any atom is 0.331 e. The van der Waals surface area contributed by atoms with E-state index in [0.717, 1.165) is 26.1 Å². The van der Waals surface area contributed by atoms with Crippen molar-refractivity contribution in [3.8, 4) is 11.5 Å². The second-order valence-corrected chi connectivity index (χ2v) is 8.69. The minimum absolute atomic E-state index is 0.0508. The van der Waals surface area contributed by atoms with Gasteiger partial charge in [-0.3, -0.25) is 19.5 Å². The predicted molar refractivity (Wildman–Crippen MR) is 121 cm³/mol. The Kier molecular flexibility index (Phi) is 5.74. The lowest BCUT2D eigenvalue weighted by Gasteiger charge is -2.20. The minimum Gasteiger partial charge on any atom is -0.493 e. The van der Waals surface area contributed by atoms with Crippen LogP contribution in [0.25, 0.3) is 0 Å². The van der Waals surface area contributed by atoms with Crippen LogP contribution >= 0.6 is 0 Å². The molecule has 3 fully saturated rings. The lowest BCUT2D eigenvalue weighted by Crippen LogP contribution is -2.35. The fourth-order valence-electron chi connectivity index (χ4n) is 4.80. The van der Waals surface area contributed by atoms with Crippen LogP contribution in [0.3, 0.4) is 0 Å². The number of carbonyl (C=O) groups excluding carboxylic acids is 2. The van der Waals surface area contributed by atoms with E-state index < -0.39 is 0 Å². The summed E-state index contributed by atoms with van der Waals surface area (Å²) in [5, 5.41) is 0. The van der Waals surface area contributed by atoms with Crippen LogP contribution in [-0.2, 0) is 4.79 Å². The molecule has 7 heteroatoms. The first-order valence-electron chi connectivity index (χ1n) is 11.4. The number of urea groups is 1. The molecule has 1 unspecified atom stereocenters. The van der Waals surface area contributed by atoms with Crippen LogP contribution in [0.5, 0.6) is 11.5 Å². The number of benzene rings is 2. The summed E-state index contributed by atoms with van der Waals surface area (Å²) in [6.07, 6.45) is 3.33. The molecular formula is C25H29N3O4. The normalized spacial score (nSPS) is 23.2. The molecule has 5 rings (SSSR count). The van der Waals surface area contributed by atoms with Gasteiger partial charge < -0.3 is 9.47 Å². The molecule has 0 bridgehead atoms. The zero-order chi connectivity index (χ0) is 22.1. The largest absolute Gasteiger partial charge is 0.493 e. The third-order valence-corrected chi connectivity index (χ3v) is 6.64. The standard InChI is InChI=1S/C25H29N3O4/c1-31-23-15-19(9-10-22(23)32-14-13-26-11-5-6-12-26)27-17-24(29)28(25(27)30)21-16-20(21)18-7-3-2-4-8-18/h2-4,7-10,15,20-21H,5-6,11-14,16-17H2,1H3/t20-,21?/m0/s1. The zero-order valence-electron chi connectivity index (χ0n) is 18.4. The first-order valence-corrected chi connectivity index (χ1v) is 11.4. The van der Waals surface area contributed by atoms with Crippen molar-refractivity contribution in [2.45, 2.75) is 31.2 Å². The number of nitrogens with zero attached hydrogens (tertiary/aromatic N) is 3. The summed E-state index contributed by atoms with van der Waals surface area (Å²) in [7, 11) is 1.59. The summed E-state index contributed by atoms with van der Waals surface area (Å²) in [5.41, 5.74) is 1.82. The Labute approximate surface area is 188 Å². The summed E-state index contributed by atoms with van der Waals surface area (Å²) in [4.78, 5) is 31.2. The molecule has 0 aromatic heterocycles. The Morgan fingerprint density at radius 2 is 1.78 bits per heavy atom. The average molecular weight is 436 g/mol. The molecule has 1 saturated carbocycles. The van der Waals surface area contributed by atoms with E-state index >= 15 is 0 Å². The van der Waals surface area contributed by atoms with E-state index in [2.05, 4.69) is 17.0 Å². The number of imide groups is 1. The van der Waals surface area contributed by atoms with Crippen LogP contribution in [0.4, 0.5) is 10.5 Å². The highest BCUT2D eigenvalue weighted by atomic mass is 16.5. The van der Waals surface area contributed by atoms with Crippen molar-refractivity contribution in [3.05, 3.63) is 54.1 Å². The van der Waals surface area contributed by atoms with Gasteiger partial charge in [0, 0.05) is 30.3 Å². The van der Waals surface area contributed by atoms with E-state index in [1.807, 2.05) is 30.3 Å². The summed E-state index contributed by atoms with van der Waals surface area (Å²) < 4.78 is 11.5. The topological polar surface area (TPSA) is 62.3 Å². The third-order valence-electron chi connectivity index (χ3n) is 6.64. The summed E-state index contributed by atoms with van der Waals surface area (Å²) in [5.74, 6) is 1.29. The molecule has 168 valence electrons. The molecule has 2 aromatic rings. The Bertz CT molecular complexity index is 990. The number of anilines is 1. The molecular weight excluding hydrogens is 406 g/mol.